The van der Waals surface area contributed by atoms with Gasteiger partial charge in [0.25, 0.3) is 5.91 Å². The van der Waals surface area contributed by atoms with E-state index in [1.807, 2.05) is 0 Å². The standard InChI is InChI=1S/C22H31ClF3N3O3/c1-21(2,3)32-20(31)28-9-8-27-18-6-4-14(5-7-18)13-29-19(30)15-10-16(22(24,25)26)12-17(23)11-15/h10-12,14,18,27H,4-9,13H2,1-3H3,(H,28,31)(H,29,30)/t14-,18+. The lowest BCUT2D eigenvalue weighted by molar-refractivity contribution is -0.137. The molecule has 1 fully saturated rings. The summed E-state index contributed by atoms with van der Waals surface area (Å²) in [6.45, 7) is 6.91. The maximum Gasteiger partial charge on any atom is 0.416 e. The van der Waals surface area contributed by atoms with Crippen LogP contribution in [0.25, 0.3) is 0 Å². The molecule has 6 nitrogen and oxygen atoms in total. The molecule has 0 atom stereocenters. The molecule has 0 aliphatic heterocycles. The fourth-order valence-electron chi connectivity index (χ4n) is 3.55. The Morgan fingerprint density at radius 1 is 1.03 bits per heavy atom. The molecule has 1 aromatic carbocycles. The molecular weight excluding hydrogens is 447 g/mol. The molecular formula is C22H31ClF3N3O3. The van der Waals surface area contributed by atoms with E-state index in [-0.39, 0.29) is 16.5 Å². The number of ether oxygens (including phenoxy) is 1. The van der Waals surface area contributed by atoms with Gasteiger partial charge in [0, 0.05) is 36.3 Å². The summed E-state index contributed by atoms with van der Waals surface area (Å²) in [5.74, 6) is -0.301. The predicted octanol–water partition coefficient (Wildman–Crippen LogP) is 4.76. The first-order valence-electron chi connectivity index (χ1n) is 10.7. The zero-order valence-corrected chi connectivity index (χ0v) is 19.3. The van der Waals surface area contributed by atoms with Gasteiger partial charge < -0.3 is 20.7 Å². The van der Waals surface area contributed by atoms with E-state index in [4.69, 9.17) is 16.3 Å². The van der Waals surface area contributed by atoms with Crippen LogP contribution < -0.4 is 16.0 Å². The molecule has 0 bridgehead atoms. The molecule has 1 aliphatic rings. The second-order valence-electron chi connectivity index (χ2n) is 9.04. The normalized spacial score (nSPS) is 19.3. The van der Waals surface area contributed by atoms with Crippen molar-refractivity contribution in [3.05, 3.63) is 34.3 Å². The number of rotatable bonds is 7. The molecule has 32 heavy (non-hydrogen) atoms. The number of nitrogens with one attached hydrogen (secondary N) is 3. The second-order valence-corrected chi connectivity index (χ2v) is 9.47. The van der Waals surface area contributed by atoms with Crippen molar-refractivity contribution in [1.82, 2.24) is 16.0 Å². The van der Waals surface area contributed by atoms with Crippen molar-refractivity contribution in [2.24, 2.45) is 5.92 Å². The van der Waals surface area contributed by atoms with Gasteiger partial charge in [0.2, 0.25) is 0 Å². The minimum atomic E-state index is -4.56. The minimum absolute atomic E-state index is 0.0994. The average molecular weight is 478 g/mol. The SMILES string of the molecule is CC(C)(C)OC(=O)NCCN[C@H]1CC[C@@H](CNC(=O)c2cc(Cl)cc(C(F)(F)F)c2)CC1. The smallest absolute Gasteiger partial charge is 0.416 e. The Labute approximate surface area is 191 Å². The molecule has 10 heteroatoms. The lowest BCUT2D eigenvalue weighted by atomic mass is 9.86. The molecule has 0 heterocycles. The van der Waals surface area contributed by atoms with E-state index in [2.05, 4.69) is 16.0 Å². The summed E-state index contributed by atoms with van der Waals surface area (Å²) in [5, 5.41) is 8.70. The molecule has 1 saturated carbocycles. The Bertz CT molecular complexity index is 789. The number of alkyl halides is 3. The van der Waals surface area contributed by atoms with Gasteiger partial charge in [-0.1, -0.05) is 11.6 Å². The highest BCUT2D eigenvalue weighted by Gasteiger charge is 2.32. The third-order valence-electron chi connectivity index (χ3n) is 5.11. The van der Waals surface area contributed by atoms with E-state index >= 15 is 0 Å². The molecule has 1 aromatic rings. The second kappa shape index (κ2) is 11.2. The molecule has 3 N–H and O–H groups in total. The van der Waals surface area contributed by atoms with Crippen molar-refractivity contribution < 1.29 is 27.5 Å². The maximum absolute atomic E-state index is 12.9. The largest absolute Gasteiger partial charge is 0.444 e. The van der Waals surface area contributed by atoms with Crippen LogP contribution in [-0.4, -0.2) is 43.3 Å². The molecule has 1 aliphatic carbocycles. The lowest BCUT2D eigenvalue weighted by Gasteiger charge is -2.29. The van der Waals surface area contributed by atoms with Crippen molar-refractivity contribution >= 4 is 23.6 Å². The van der Waals surface area contributed by atoms with Crippen molar-refractivity contribution in [2.75, 3.05) is 19.6 Å². The van der Waals surface area contributed by atoms with Gasteiger partial charge in [-0.25, -0.2) is 4.79 Å². The highest BCUT2D eigenvalue weighted by atomic mass is 35.5. The van der Waals surface area contributed by atoms with Crippen LogP contribution >= 0.6 is 11.6 Å². The summed E-state index contributed by atoms with van der Waals surface area (Å²) >= 11 is 5.75. The highest BCUT2D eigenvalue weighted by molar-refractivity contribution is 6.31. The summed E-state index contributed by atoms with van der Waals surface area (Å²) in [5.41, 5.74) is -1.57. The van der Waals surface area contributed by atoms with Gasteiger partial charge in [0.15, 0.2) is 0 Å². The van der Waals surface area contributed by atoms with Gasteiger partial charge in [0.1, 0.15) is 5.60 Å². The Morgan fingerprint density at radius 2 is 1.69 bits per heavy atom. The van der Waals surface area contributed by atoms with Crippen molar-refractivity contribution in [3.8, 4) is 0 Å². The van der Waals surface area contributed by atoms with Crippen LogP contribution in [-0.2, 0) is 10.9 Å². The third kappa shape index (κ3) is 9.24. The zero-order chi connectivity index (χ0) is 23.9. The monoisotopic (exact) mass is 477 g/mol. The molecule has 0 unspecified atom stereocenters. The van der Waals surface area contributed by atoms with Crippen molar-refractivity contribution in [1.29, 1.82) is 0 Å². The maximum atomic E-state index is 12.9. The van der Waals surface area contributed by atoms with Crippen LogP contribution in [0.3, 0.4) is 0 Å². The molecule has 2 amide bonds. The van der Waals surface area contributed by atoms with Crippen LogP contribution in [0.1, 0.15) is 62.4 Å². The van der Waals surface area contributed by atoms with Gasteiger partial charge in [-0.15, -0.1) is 0 Å². The number of benzene rings is 1. The topological polar surface area (TPSA) is 79.5 Å². The molecule has 2 rings (SSSR count). The average Bonchev–Trinajstić information content (AvgIpc) is 2.68. The van der Waals surface area contributed by atoms with E-state index in [0.717, 1.165) is 37.8 Å². The zero-order valence-electron chi connectivity index (χ0n) is 18.6. The van der Waals surface area contributed by atoms with Gasteiger partial charge in [-0.3, -0.25) is 4.79 Å². The summed E-state index contributed by atoms with van der Waals surface area (Å²) in [6, 6.07) is 3.17. The van der Waals surface area contributed by atoms with Gasteiger partial charge in [0.05, 0.1) is 5.56 Å². The number of alkyl carbamates (subject to hydrolysis) is 1. The molecule has 180 valence electrons. The fourth-order valence-corrected chi connectivity index (χ4v) is 3.78. The van der Waals surface area contributed by atoms with Crippen molar-refractivity contribution in [2.45, 2.75) is 64.3 Å². The van der Waals surface area contributed by atoms with Crippen molar-refractivity contribution in [3.63, 3.8) is 0 Å². The van der Waals surface area contributed by atoms with Gasteiger partial charge >= 0.3 is 12.3 Å². The first-order valence-corrected chi connectivity index (χ1v) is 11.1. The minimum Gasteiger partial charge on any atom is -0.444 e. The van der Waals surface area contributed by atoms with Crippen LogP contribution in [0.4, 0.5) is 18.0 Å². The molecule has 0 spiro atoms. The van der Waals surface area contributed by atoms with Gasteiger partial charge in [-0.2, -0.15) is 13.2 Å². The number of hydrogen-bond donors (Lipinski definition) is 3. The van der Waals surface area contributed by atoms with Gasteiger partial charge in [-0.05, 0) is 70.6 Å². The van der Waals surface area contributed by atoms with E-state index in [0.29, 0.717) is 25.7 Å². The van der Waals surface area contributed by atoms with E-state index < -0.39 is 29.3 Å². The summed E-state index contributed by atoms with van der Waals surface area (Å²) < 4.78 is 43.9. The number of carbonyl (C=O) groups excluding carboxylic acids is 2. The number of amides is 2. The predicted molar refractivity (Wildman–Crippen MR) is 117 cm³/mol. The van der Waals surface area contributed by atoms with E-state index in [9.17, 15) is 22.8 Å². The quantitative estimate of drug-likeness (QED) is 0.495. The van der Waals surface area contributed by atoms with E-state index in [1.165, 1.54) is 6.07 Å². The van der Waals surface area contributed by atoms with Crippen LogP contribution in [0.15, 0.2) is 18.2 Å². The number of carbonyl (C=O) groups is 2. The number of hydrogen-bond acceptors (Lipinski definition) is 4. The molecule has 0 radical (unpaired) electrons. The Hall–Kier alpha value is -2.00. The van der Waals surface area contributed by atoms with Crippen LogP contribution in [0, 0.1) is 5.92 Å². The number of halogens is 4. The first-order chi connectivity index (χ1) is 14.8. The Balaban J connectivity index is 1.68. The highest BCUT2D eigenvalue weighted by Crippen LogP contribution is 2.32. The summed E-state index contributed by atoms with van der Waals surface area (Å²) in [4.78, 5) is 23.9. The third-order valence-corrected chi connectivity index (χ3v) is 5.33. The first kappa shape index (κ1) is 26.3. The van der Waals surface area contributed by atoms with Crippen LogP contribution in [0.5, 0.6) is 0 Å². The molecule has 0 saturated heterocycles. The van der Waals surface area contributed by atoms with Crippen LogP contribution in [0.2, 0.25) is 5.02 Å². The Kier molecular flexibility index (Phi) is 9.21. The molecule has 0 aromatic heterocycles. The van der Waals surface area contributed by atoms with E-state index in [1.54, 1.807) is 20.8 Å². The Morgan fingerprint density at radius 3 is 2.28 bits per heavy atom. The summed E-state index contributed by atoms with van der Waals surface area (Å²) in [6.07, 6.45) is -1.39. The fraction of sp³-hybridized carbons (Fsp3) is 0.636. The summed E-state index contributed by atoms with van der Waals surface area (Å²) in [7, 11) is 0. The lowest BCUT2D eigenvalue weighted by Crippen LogP contribution is -2.41.